The van der Waals surface area contributed by atoms with Crippen molar-refractivity contribution in [2.45, 2.75) is 25.3 Å². The maximum absolute atomic E-state index is 12.8. The average Bonchev–Trinajstić information content (AvgIpc) is 2.48. The van der Waals surface area contributed by atoms with Crippen LogP contribution in [0.1, 0.15) is 19.3 Å². The predicted octanol–water partition coefficient (Wildman–Crippen LogP) is 2.39. The summed E-state index contributed by atoms with van der Waals surface area (Å²) in [6.07, 6.45) is 2.34. The molecule has 0 saturated carbocycles. The number of carbonyl (C=O) groups is 2. The smallest absolute Gasteiger partial charge is 0.328 e. The molecule has 0 radical (unpaired) electrons. The highest BCUT2D eigenvalue weighted by molar-refractivity contribution is 5.92. The number of hydrogen-bond donors (Lipinski definition) is 1. The summed E-state index contributed by atoms with van der Waals surface area (Å²) in [6.45, 7) is 0.507. The van der Waals surface area contributed by atoms with Gasteiger partial charge in [0.15, 0.2) is 0 Å². The lowest BCUT2D eigenvalue weighted by Gasteiger charge is -2.33. The van der Waals surface area contributed by atoms with Crippen LogP contribution in [0.3, 0.4) is 0 Å². The lowest BCUT2D eigenvalue weighted by Crippen LogP contribution is -2.50. The van der Waals surface area contributed by atoms with Gasteiger partial charge in [0.25, 0.3) is 0 Å². The van der Waals surface area contributed by atoms with Gasteiger partial charge < -0.3 is 15.0 Å². The maximum Gasteiger partial charge on any atom is 0.328 e. The monoisotopic (exact) mass is 280 g/mol. The molecule has 1 fully saturated rings. The summed E-state index contributed by atoms with van der Waals surface area (Å²) in [4.78, 5) is 25.4. The average molecular weight is 280 g/mol. The lowest BCUT2D eigenvalue weighted by atomic mass is 10.0. The summed E-state index contributed by atoms with van der Waals surface area (Å²) in [5.41, 5.74) is 0.491. The van der Waals surface area contributed by atoms with Crippen LogP contribution >= 0.6 is 0 Å². The van der Waals surface area contributed by atoms with Crippen molar-refractivity contribution in [2.24, 2.45) is 0 Å². The molecule has 1 aromatic carbocycles. The standard InChI is InChI=1S/C14H17FN2O3/c1-20-13(18)12-4-2-3-9-17(12)14(19)16-11-7-5-10(15)6-8-11/h5-8,12H,2-4,9H2,1H3,(H,16,19)/t12-/m1/s1. The molecule has 1 N–H and O–H groups in total. The summed E-state index contributed by atoms with van der Waals surface area (Å²) in [6, 6.07) is 4.57. The van der Waals surface area contributed by atoms with Crippen molar-refractivity contribution in [3.8, 4) is 0 Å². The van der Waals surface area contributed by atoms with E-state index in [0.29, 0.717) is 18.7 Å². The number of hydrogen-bond acceptors (Lipinski definition) is 3. The molecule has 1 atom stereocenters. The van der Waals surface area contributed by atoms with Gasteiger partial charge in [-0.25, -0.2) is 14.0 Å². The number of benzene rings is 1. The van der Waals surface area contributed by atoms with E-state index in [4.69, 9.17) is 4.74 Å². The first-order chi connectivity index (χ1) is 9.61. The van der Waals surface area contributed by atoms with Gasteiger partial charge in [0.2, 0.25) is 0 Å². The Hall–Kier alpha value is -2.11. The molecule has 20 heavy (non-hydrogen) atoms. The largest absolute Gasteiger partial charge is 0.467 e. The summed E-state index contributed by atoms with van der Waals surface area (Å²) >= 11 is 0. The zero-order chi connectivity index (χ0) is 14.5. The van der Waals surface area contributed by atoms with E-state index in [-0.39, 0.29) is 11.8 Å². The fraction of sp³-hybridized carbons (Fsp3) is 0.429. The number of nitrogens with one attached hydrogen (secondary N) is 1. The van der Waals surface area contributed by atoms with E-state index >= 15 is 0 Å². The summed E-state index contributed by atoms with van der Waals surface area (Å²) in [5, 5.41) is 2.66. The van der Waals surface area contributed by atoms with Crippen molar-refractivity contribution in [2.75, 3.05) is 19.0 Å². The van der Waals surface area contributed by atoms with Gasteiger partial charge >= 0.3 is 12.0 Å². The van der Waals surface area contributed by atoms with Gasteiger partial charge in [0, 0.05) is 12.2 Å². The van der Waals surface area contributed by atoms with E-state index in [2.05, 4.69) is 5.32 Å². The highest BCUT2D eigenvalue weighted by Crippen LogP contribution is 2.19. The van der Waals surface area contributed by atoms with Gasteiger partial charge in [-0.2, -0.15) is 0 Å². The van der Waals surface area contributed by atoms with E-state index < -0.39 is 12.0 Å². The van der Waals surface area contributed by atoms with Crippen LogP contribution in [0.25, 0.3) is 0 Å². The van der Waals surface area contributed by atoms with E-state index in [9.17, 15) is 14.0 Å². The first kappa shape index (κ1) is 14.3. The predicted molar refractivity (Wildman–Crippen MR) is 71.8 cm³/mol. The first-order valence-corrected chi connectivity index (χ1v) is 6.53. The molecule has 6 heteroatoms. The second kappa shape index (κ2) is 6.36. The Morgan fingerprint density at radius 3 is 2.65 bits per heavy atom. The molecule has 0 bridgehead atoms. The van der Waals surface area contributed by atoms with Gasteiger partial charge in [0.05, 0.1) is 7.11 Å². The Morgan fingerprint density at radius 2 is 2.00 bits per heavy atom. The number of amides is 2. The molecule has 1 aliphatic heterocycles. The van der Waals surface area contributed by atoms with E-state index in [1.807, 2.05) is 0 Å². The number of methoxy groups -OCH3 is 1. The normalized spacial score (nSPS) is 18.5. The number of anilines is 1. The zero-order valence-corrected chi connectivity index (χ0v) is 11.3. The topological polar surface area (TPSA) is 58.6 Å². The van der Waals surface area contributed by atoms with E-state index in [1.165, 1.54) is 36.3 Å². The maximum atomic E-state index is 12.8. The number of esters is 1. The minimum atomic E-state index is -0.547. The van der Waals surface area contributed by atoms with Crippen LogP contribution in [0.2, 0.25) is 0 Å². The molecule has 2 rings (SSSR count). The second-order valence-corrected chi connectivity index (χ2v) is 4.67. The molecule has 0 aromatic heterocycles. The molecule has 2 amide bonds. The lowest BCUT2D eigenvalue weighted by molar-refractivity contribution is -0.146. The molecular weight excluding hydrogens is 263 g/mol. The van der Waals surface area contributed by atoms with Gasteiger partial charge in [-0.3, -0.25) is 0 Å². The Morgan fingerprint density at radius 1 is 1.30 bits per heavy atom. The van der Waals surface area contributed by atoms with Crippen LogP contribution in [0, 0.1) is 5.82 Å². The molecule has 0 aliphatic carbocycles. The SMILES string of the molecule is COC(=O)[C@H]1CCCCN1C(=O)Nc1ccc(F)cc1. The quantitative estimate of drug-likeness (QED) is 0.846. The minimum Gasteiger partial charge on any atom is -0.467 e. The Bertz CT molecular complexity index is 490. The van der Waals surface area contributed by atoms with Gasteiger partial charge in [-0.1, -0.05) is 0 Å². The van der Waals surface area contributed by atoms with Gasteiger partial charge in [-0.15, -0.1) is 0 Å². The molecule has 1 aliphatic rings. The number of ether oxygens (including phenoxy) is 1. The van der Waals surface area contributed by atoms with Crippen LogP contribution < -0.4 is 5.32 Å². The highest BCUT2D eigenvalue weighted by atomic mass is 19.1. The summed E-state index contributed by atoms with van der Waals surface area (Å²) in [7, 11) is 1.31. The van der Waals surface area contributed by atoms with Gasteiger partial charge in [-0.05, 0) is 43.5 Å². The van der Waals surface area contributed by atoms with Crippen molar-refractivity contribution in [1.29, 1.82) is 0 Å². The Labute approximate surface area is 116 Å². The minimum absolute atomic E-state index is 0.367. The molecule has 1 heterocycles. The van der Waals surface area contributed by atoms with Crippen LogP contribution in [-0.4, -0.2) is 36.6 Å². The number of rotatable bonds is 2. The van der Waals surface area contributed by atoms with Crippen molar-refractivity contribution >= 4 is 17.7 Å². The molecule has 108 valence electrons. The van der Waals surface area contributed by atoms with E-state index in [1.54, 1.807) is 0 Å². The van der Waals surface area contributed by atoms with Crippen LogP contribution in [0.4, 0.5) is 14.9 Å². The summed E-state index contributed by atoms with van der Waals surface area (Å²) < 4.78 is 17.5. The fourth-order valence-corrected chi connectivity index (χ4v) is 2.28. The second-order valence-electron chi connectivity index (χ2n) is 4.67. The zero-order valence-electron chi connectivity index (χ0n) is 11.3. The third-order valence-corrected chi connectivity index (χ3v) is 3.33. The third kappa shape index (κ3) is 3.26. The molecule has 1 saturated heterocycles. The fourth-order valence-electron chi connectivity index (χ4n) is 2.28. The van der Waals surface area contributed by atoms with Crippen LogP contribution in [0.15, 0.2) is 24.3 Å². The summed E-state index contributed by atoms with van der Waals surface area (Å²) in [5.74, 6) is -0.771. The molecule has 1 aromatic rings. The van der Waals surface area contributed by atoms with Crippen molar-refractivity contribution in [3.05, 3.63) is 30.1 Å². The van der Waals surface area contributed by atoms with Crippen molar-refractivity contribution in [3.63, 3.8) is 0 Å². The Kier molecular flexibility index (Phi) is 4.55. The number of likely N-dealkylation sites (tertiary alicyclic amines) is 1. The third-order valence-electron chi connectivity index (χ3n) is 3.33. The number of halogens is 1. The number of nitrogens with zero attached hydrogens (tertiary/aromatic N) is 1. The van der Waals surface area contributed by atoms with Crippen LogP contribution in [-0.2, 0) is 9.53 Å². The number of urea groups is 1. The number of piperidine rings is 1. The molecule has 5 nitrogen and oxygen atoms in total. The highest BCUT2D eigenvalue weighted by Gasteiger charge is 2.32. The van der Waals surface area contributed by atoms with Crippen molar-refractivity contribution < 1.29 is 18.7 Å². The van der Waals surface area contributed by atoms with Crippen LogP contribution in [0.5, 0.6) is 0 Å². The van der Waals surface area contributed by atoms with Crippen molar-refractivity contribution in [1.82, 2.24) is 4.90 Å². The first-order valence-electron chi connectivity index (χ1n) is 6.53. The molecule has 0 spiro atoms. The number of carbonyl (C=O) groups excluding carboxylic acids is 2. The van der Waals surface area contributed by atoms with E-state index in [0.717, 1.165) is 12.8 Å². The Balaban J connectivity index is 2.05. The molecular formula is C14H17FN2O3. The van der Waals surface area contributed by atoms with Gasteiger partial charge in [0.1, 0.15) is 11.9 Å². The molecule has 0 unspecified atom stereocenters.